The van der Waals surface area contributed by atoms with Gasteiger partial charge in [-0.15, -0.1) is 0 Å². The molecule has 0 radical (unpaired) electrons. The van der Waals surface area contributed by atoms with Crippen LogP contribution in [-0.2, 0) is 28.6 Å². The Morgan fingerprint density at radius 3 is 0.766 bits per heavy atom. The van der Waals surface area contributed by atoms with Crippen LogP contribution in [0, 0.1) is 5.92 Å². The number of hydrogen-bond donors (Lipinski definition) is 0. The van der Waals surface area contributed by atoms with E-state index in [0.29, 0.717) is 19.3 Å². The fourth-order valence-corrected chi connectivity index (χ4v) is 8.92. The minimum absolute atomic E-state index is 0.0621. The summed E-state index contributed by atoms with van der Waals surface area (Å²) in [6, 6.07) is 0. The second kappa shape index (κ2) is 52.4. The molecule has 0 aliphatic carbocycles. The van der Waals surface area contributed by atoms with E-state index in [4.69, 9.17) is 14.2 Å². The lowest BCUT2D eigenvalue weighted by atomic mass is 10.0. The van der Waals surface area contributed by atoms with Gasteiger partial charge in [-0.3, -0.25) is 14.4 Å². The van der Waals surface area contributed by atoms with Crippen LogP contribution < -0.4 is 0 Å². The fraction of sp³-hybridized carbons (Fsp3) is 0.948. The van der Waals surface area contributed by atoms with Gasteiger partial charge in [0.25, 0.3) is 0 Å². The van der Waals surface area contributed by atoms with Crippen molar-refractivity contribution in [3.63, 3.8) is 0 Å². The Morgan fingerprint density at radius 2 is 0.516 bits per heavy atom. The van der Waals surface area contributed by atoms with E-state index in [1.54, 1.807) is 0 Å². The molecule has 0 aromatic rings. The van der Waals surface area contributed by atoms with Crippen molar-refractivity contribution in [1.29, 1.82) is 0 Å². The summed E-state index contributed by atoms with van der Waals surface area (Å²) in [6.07, 6.45) is 56.7. The molecule has 0 amide bonds. The smallest absolute Gasteiger partial charge is 0.306 e. The Morgan fingerprint density at radius 1 is 0.297 bits per heavy atom. The third-order valence-electron chi connectivity index (χ3n) is 13.3. The summed E-state index contributed by atoms with van der Waals surface area (Å²) in [5, 5.41) is 0. The van der Waals surface area contributed by atoms with Crippen LogP contribution in [0.1, 0.15) is 329 Å². The molecule has 0 spiro atoms. The quantitative estimate of drug-likeness (QED) is 0.0344. The van der Waals surface area contributed by atoms with E-state index in [9.17, 15) is 14.4 Å². The summed E-state index contributed by atoms with van der Waals surface area (Å²) in [5.41, 5.74) is 0. The second-order valence-electron chi connectivity index (χ2n) is 20.4. The van der Waals surface area contributed by atoms with Gasteiger partial charge in [0, 0.05) is 19.3 Å². The zero-order valence-electron chi connectivity index (χ0n) is 43.8. The van der Waals surface area contributed by atoms with Crippen molar-refractivity contribution in [3.05, 3.63) is 0 Å². The average molecular weight is 906 g/mol. The molecule has 0 aliphatic rings. The largest absolute Gasteiger partial charge is 0.462 e. The van der Waals surface area contributed by atoms with Gasteiger partial charge in [-0.2, -0.15) is 0 Å². The molecule has 0 saturated carbocycles. The normalized spacial score (nSPS) is 12.0. The molecular weight excluding hydrogens is 793 g/mol. The average Bonchev–Trinajstić information content (AvgIpc) is 3.28. The third kappa shape index (κ3) is 51.4. The maximum absolute atomic E-state index is 12.8. The van der Waals surface area contributed by atoms with Gasteiger partial charge in [-0.05, 0) is 25.2 Å². The maximum atomic E-state index is 12.8. The number of carbonyl (C=O) groups excluding carboxylic acids is 3. The summed E-state index contributed by atoms with van der Waals surface area (Å²) in [4.78, 5) is 38.0. The fourth-order valence-electron chi connectivity index (χ4n) is 8.92. The SMILES string of the molecule is CCCCCCCCCCCCCCCCCCCCCC(=O)O[C@@H](COC(=O)CCCCCCCCCCC)COC(=O)CCCCCCCCCCCCCCCCCC(C)C. The van der Waals surface area contributed by atoms with Crippen LogP contribution >= 0.6 is 0 Å². The van der Waals surface area contributed by atoms with Crippen molar-refractivity contribution in [2.45, 2.75) is 336 Å². The van der Waals surface area contributed by atoms with Crippen LogP contribution in [0.5, 0.6) is 0 Å². The Labute approximate surface area is 399 Å². The standard InChI is InChI=1S/C58H112O6/c1-5-7-9-11-13-15-16-17-18-19-20-21-24-28-31-35-39-43-47-51-58(61)64-55(52-62-56(59)49-45-41-37-32-14-12-10-8-6-2)53-63-57(60)50-46-42-38-34-30-27-25-22-23-26-29-33-36-40-44-48-54(3)4/h54-55H,5-53H2,1-4H3/t55-/m0/s1. The molecule has 0 aliphatic heterocycles. The van der Waals surface area contributed by atoms with Crippen LogP contribution in [0.3, 0.4) is 0 Å². The van der Waals surface area contributed by atoms with Gasteiger partial charge in [-0.1, -0.05) is 291 Å². The number of esters is 3. The van der Waals surface area contributed by atoms with Crippen LogP contribution in [0.2, 0.25) is 0 Å². The van der Waals surface area contributed by atoms with E-state index < -0.39 is 6.10 Å². The van der Waals surface area contributed by atoms with Crippen LogP contribution in [0.4, 0.5) is 0 Å². The van der Waals surface area contributed by atoms with Crippen molar-refractivity contribution in [2.24, 2.45) is 5.92 Å². The second-order valence-corrected chi connectivity index (χ2v) is 20.4. The summed E-state index contributed by atoms with van der Waals surface area (Å²) in [6.45, 7) is 9.05. The summed E-state index contributed by atoms with van der Waals surface area (Å²) >= 11 is 0. The zero-order chi connectivity index (χ0) is 46.7. The summed E-state index contributed by atoms with van der Waals surface area (Å²) in [5.74, 6) is 0.00993. The highest BCUT2D eigenvalue weighted by molar-refractivity contribution is 5.71. The molecule has 0 rings (SSSR count). The lowest BCUT2D eigenvalue weighted by molar-refractivity contribution is -0.167. The number of carbonyl (C=O) groups is 3. The highest BCUT2D eigenvalue weighted by atomic mass is 16.6. The van der Waals surface area contributed by atoms with Gasteiger partial charge in [0.15, 0.2) is 6.10 Å². The lowest BCUT2D eigenvalue weighted by Gasteiger charge is -2.18. The first-order chi connectivity index (χ1) is 31.4. The highest BCUT2D eigenvalue weighted by Gasteiger charge is 2.19. The lowest BCUT2D eigenvalue weighted by Crippen LogP contribution is -2.30. The van der Waals surface area contributed by atoms with Crippen molar-refractivity contribution >= 4 is 17.9 Å². The van der Waals surface area contributed by atoms with Crippen molar-refractivity contribution < 1.29 is 28.6 Å². The molecule has 1 atom stereocenters. The highest BCUT2D eigenvalue weighted by Crippen LogP contribution is 2.18. The predicted octanol–water partition coefficient (Wildman–Crippen LogP) is 19.0. The monoisotopic (exact) mass is 905 g/mol. The zero-order valence-corrected chi connectivity index (χ0v) is 43.8. The van der Waals surface area contributed by atoms with Crippen molar-refractivity contribution in [1.82, 2.24) is 0 Å². The van der Waals surface area contributed by atoms with Crippen LogP contribution in [0.25, 0.3) is 0 Å². The van der Waals surface area contributed by atoms with E-state index >= 15 is 0 Å². The molecular formula is C58H112O6. The number of ether oxygens (including phenoxy) is 3. The van der Waals surface area contributed by atoms with E-state index in [-0.39, 0.29) is 31.1 Å². The molecule has 64 heavy (non-hydrogen) atoms. The Balaban J connectivity index is 4.20. The van der Waals surface area contributed by atoms with Gasteiger partial charge < -0.3 is 14.2 Å². The van der Waals surface area contributed by atoms with E-state index in [1.807, 2.05) is 0 Å². The molecule has 6 heteroatoms. The first-order valence-electron chi connectivity index (χ1n) is 28.9. The topological polar surface area (TPSA) is 78.9 Å². The molecule has 380 valence electrons. The van der Waals surface area contributed by atoms with E-state index in [1.165, 1.54) is 225 Å². The molecule has 0 aromatic heterocycles. The molecule has 6 nitrogen and oxygen atoms in total. The van der Waals surface area contributed by atoms with Gasteiger partial charge >= 0.3 is 17.9 Å². The molecule has 0 aromatic carbocycles. The molecule has 0 heterocycles. The molecule has 0 fully saturated rings. The van der Waals surface area contributed by atoms with Crippen molar-refractivity contribution in [2.75, 3.05) is 13.2 Å². The van der Waals surface area contributed by atoms with E-state index in [2.05, 4.69) is 27.7 Å². The van der Waals surface area contributed by atoms with Crippen LogP contribution in [0.15, 0.2) is 0 Å². The minimum atomic E-state index is -0.761. The molecule has 0 saturated heterocycles. The summed E-state index contributed by atoms with van der Waals surface area (Å²) in [7, 11) is 0. The first kappa shape index (κ1) is 62.4. The Hall–Kier alpha value is -1.59. The molecule has 0 bridgehead atoms. The minimum Gasteiger partial charge on any atom is -0.462 e. The van der Waals surface area contributed by atoms with E-state index in [0.717, 1.165) is 63.7 Å². The Kier molecular flexibility index (Phi) is 51.1. The predicted molar refractivity (Wildman–Crippen MR) is 275 cm³/mol. The maximum Gasteiger partial charge on any atom is 0.306 e. The molecule has 0 N–H and O–H groups in total. The molecule has 0 unspecified atom stereocenters. The third-order valence-corrected chi connectivity index (χ3v) is 13.3. The van der Waals surface area contributed by atoms with Gasteiger partial charge in [0.05, 0.1) is 0 Å². The van der Waals surface area contributed by atoms with Crippen LogP contribution in [-0.4, -0.2) is 37.2 Å². The van der Waals surface area contributed by atoms with Gasteiger partial charge in [-0.25, -0.2) is 0 Å². The first-order valence-corrected chi connectivity index (χ1v) is 28.9. The number of hydrogen-bond acceptors (Lipinski definition) is 6. The van der Waals surface area contributed by atoms with Gasteiger partial charge in [0.2, 0.25) is 0 Å². The van der Waals surface area contributed by atoms with Crippen molar-refractivity contribution in [3.8, 4) is 0 Å². The van der Waals surface area contributed by atoms with Gasteiger partial charge in [0.1, 0.15) is 13.2 Å². The number of rotatable bonds is 53. The Bertz CT molecular complexity index is 964. The number of unbranched alkanes of at least 4 members (excludes halogenated alkanes) is 40. The summed E-state index contributed by atoms with van der Waals surface area (Å²) < 4.78 is 16.8.